The number of hydrogen-bond acceptors (Lipinski definition) is 3. The molecule has 150 valence electrons. The van der Waals surface area contributed by atoms with Crippen LogP contribution < -0.4 is 10.1 Å². The normalized spacial score (nSPS) is 10.2. The average molecular weight is 404 g/mol. The van der Waals surface area contributed by atoms with Gasteiger partial charge in [-0.1, -0.05) is 72.8 Å². The lowest BCUT2D eigenvalue weighted by molar-refractivity contribution is -0.118. The average Bonchev–Trinajstić information content (AvgIpc) is 2.84. The Bertz CT molecular complexity index is 1210. The molecule has 4 aromatic rings. The number of carbonyl (C=O) groups excluding carboxylic acids is 1. The molecule has 0 aliphatic rings. The number of rotatable bonds is 6. The van der Waals surface area contributed by atoms with Crippen molar-refractivity contribution in [1.82, 2.24) is 0 Å². The first-order chi connectivity index (χ1) is 15.2. The highest BCUT2D eigenvalue weighted by molar-refractivity contribution is 5.96. The van der Waals surface area contributed by atoms with E-state index in [0.29, 0.717) is 11.3 Å². The maximum absolute atomic E-state index is 12.5. The van der Waals surface area contributed by atoms with Gasteiger partial charge in [0.15, 0.2) is 6.61 Å². The molecule has 0 bridgehead atoms. The van der Waals surface area contributed by atoms with Gasteiger partial charge in [0.25, 0.3) is 5.91 Å². The fourth-order valence-electron chi connectivity index (χ4n) is 3.28. The summed E-state index contributed by atoms with van der Waals surface area (Å²) in [4.78, 5) is 12.5. The smallest absolute Gasteiger partial charge is 0.262 e. The molecule has 4 rings (SSSR count). The molecule has 0 atom stereocenters. The molecule has 4 aromatic carbocycles. The third kappa shape index (κ3) is 4.98. The third-order valence-electron chi connectivity index (χ3n) is 4.86. The molecule has 0 radical (unpaired) electrons. The van der Waals surface area contributed by atoms with Gasteiger partial charge in [-0.2, -0.15) is 5.26 Å². The summed E-state index contributed by atoms with van der Waals surface area (Å²) in [6.45, 7) is -0.0840. The van der Waals surface area contributed by atoms with Gasteiger partial charge < -0.3 is 10.1 Å². The Balaban J connectivity index is 1.38. The Morgan fingerprint density at radius 1 is 0.742 bits per heavy atom. The number of carbonyl (C=O) groups is 1. The quantitative estimate of drug-likeness (QED) is 0.434. The summed E-state index contributed by atoms with van der Waals surface area (Å²) < 4.78 is 5.66. The van der Waals surface area contributed by atoms with Crippen molar-refractivity contribution in [3.8, 4) is 34.1 Å². The SMILES string of the molecule is N#Cc1ccc(-c2ccc(OCC(=O)Nc3ccccc3-c3ccccc3)cc2)cc1. The van der Waals surface area contributed by atoms with Gasteiger partial charge in [0, 0.05) is 11.3 Å². The molecular formula is C27H20N2O2. The van der Waals surface area contributed by atoms with E-state index in [2.05, 4.69) is 11.4 Å². The zero-order chi connectivity index (χ0) is 21.5. The van der Waals surface area contributed by atoms with Crippen molar-refractivity contribution in [2.24, 2.45) is 0 Å². The topological polar surface area (TPSA) is 62.1 Å². The molecule has 1 N–H and O–H groups in total. The van der Waals surface area contributed by atoms with Crippen LogP contribution in [0.25, 0.3) is 22.3 Å². The summed E-state index contributed by atoms with van der Waals surface area (Å²) in [5.74, 6) is 0.392. The van der Waals surface area contributed by atoms with Gasteiger partial charge in [0.1, 0.15) is 5.75 Å². The molecule has 0 unspecified atom stereocenters. The molecule has 0 saturated heterocycles. The zero-order valence-electron chi connectivity index (χ0n) is 16.8. The summed E-state index contributed by atoms with van der Waals surface area (Å²) in [5.41, 5.74) is 5.40. The first-order valence-corrected chi connectivity index (χ1v) is 9.90. The minimum Gasteiger partial charge on any atom is -0.484 e. The van der Waals surface area contributed by atoms with Gasteiger partial charge in [-0.05, 0) is 47.0 Å². The Kier molecular flexibility index (Phi) is 6.06. The highest BCUT2D eigenvalue weighted by atomic mass is 16.5. The molecule has 0 saturated carbocycles. The van der Waals surface area contributed by atoms with Crippen molar-refractivity contribution in [2.45, 2.75) is 0 Å². The van der Waals surface area contributed by atoms with Crippen molar-refractivity contribution in [3.63, 3.8) is 0 Å². The van der Waals surface area contributed by atoms with Gasteiger partial charge in [0.2, 0.25) is 0 Å². The minimum atomic E-state index is -0.223. The summed E-state index contributed by atoms with van der Waals surface area (Å²) in [7, 11) is 0. The summed E-state index contributed by atoms with van der Waals surface area (Å²) in [6, 6.07) is 34.7. The van der Waals surface area contributed by atoms with Gasteiger partial charge >= 0.3 is 0 Å². The monoisotopic (exact) mass is 404 g/mol. The number of nitrogens with one attached hydrogen (secondary N) is 1. The maximum Gasteiger partial charge on any atom is 0.262 e. The van der Waals surface area contributed by atoms with Crippen LogP contribution >= 0.6 is 0 Å². The predicted molar refractivity (Wildman–Crippen MR) is 123 cm³/mol. The molecular weight excluding hydrogens is 384 g/mol. The number of para-hydroxylation sites is 1. The number of nitrogens with zero attached hydrogens (tertiary/aromatic N) is 1. The van der Waals surface area contributed by atoms with E-state index in [9.17, 15) is 4.79 Å². The molecule has 0 aliphatic carbocycles. The van der Waals surface area contributed by atoms with Crippen molar-refractivity contribution in [3.05, 3.63) is 109 Å². The molecule has 0 fully saturated rings. The van der Waals surface area contributed by atoms with Gasteiger partial charge in [-0.25, -0.2) is 0 Å². The van der Waals surface area contributed by atoms with Gasteiger partial charge in [-0.15, -0.1) is 0 Å². The Morgan fingerprint density at radius 3 is 2.03 bits per heavy atom. The van der Waals surface area contributed by atoms with E-state index in [4.69, 9.17) is 10.00 Å². The van der Waals surface area contributed by atoms with Crippen LogP contribution in [0.2, 0.25) is 0 Å². The van der Waals surface area contributed by atoms with Crippen LogP contribution in [0.1, 0.15) is 5.56 Å². The van der Waals surface area contributed by atoms with Crippen LogP contribution in [0, 0.1) is 11.3 Å². The van der Waals surface area contributed by atoms with E-state index < -0.39 is 0 Å². The van der Waals surface area contributed by atoms with Gasteiger partial charge in [0.05, 0.1) is 11.6 Å². The second-order valence-electron chi connectivity index (χ2n) is 6.96. The van der Waals surface area contributed by atoms with Crippen LogP contribution in [-0.4, -0.2) is 12.5 Å². The van der Waals surface area contributed by atoms with E-state index in [-0.39, 0.29) is 12.5 Å². The molecule has 4 nitrogen and oxygen atoms in total. The molecule has 0 heterocycles. The molecule has 4 heteroatoms. The van der Waals surface area contributed by atoms with Crippen molar-refractivity contribution in [2.75, 3.05) is 11.9 Å². The lowest BCUT2D eigenvalue weighted by atomic mass is 10.0. The fraction of sp³-hybridized carbons (Fsp3) is 0.0370. The minimum absolute atomic E-state index is 0.0840. The number of nitriles is 1. The first kappa shape index (κ1) is 19.9. The Labute approximate surface area is 181 Å². The van der Waals surface area contributed by atoms with Crippen molar-refractivity contribution in [1.29, 1.82) is 5.26 Å². The second kappa shape index (κ2) is 9.43. The zero-order valence-corrected chi connectivity index (χ0v) is 16.8. The number of anilines is 1. The van der Waals surface area contributed by atoms with Crippen LogP contribution in [0.4, 0.5) is 5.69 Å². The molecule has 1 amide bonds. The summed E-state index contributed by atoms with van der Waals surface area (Å²) in [6.07, 6.45) is 0. The van der Waals surface area contributed by atoms with E-state index >= 15 is 0 Å². The predicted octanol–water partition coefficient (Wildman–Crippen LogP) is 5.91. The second-order valence-corrected chi connectivity index (χ2v) is 6.96. The maximum atomic E-state index is 12.5. The van der Waals surface area contributed by atoms with E-state index in [0.717, 1.165) is 27.9 Å². The number of amides is 1. The van der Waals surface area contributed by atoms with E-state index in [1.165, 1.54) is 0 Å². The van der Waals surface area contributed by atoms with Crippen LogP contribution in [0.3, 0.4) is 0 Å². The van der Waals surface area contributed by atoms with Crippen LogP contribution in [-0.2, 0) is 4.79 Å². The first-order valence-electron chi connectivity index (χ1n) is 9.90. The number of ether oxygens (including phenoxy) is 1. The molecule has 0 aromatic heterocycles. The van der Waals surface area contributed by atoms with E-state index in [1.807, 2.05) is 91.0 Å². The van der Waals surface area contributed by atoms with Crippen LogP contribution in [0.5, 0.6) is 5.75 Å². The largest absolute Gasteiger partial charge is 0.484 e. The summed E-state index contributed by atoms with van der Waals surface area (Å²) in [5, 5.41) is 11.8. The van der Waals surface area contributed by atoms with Crippen molar-refractivity contribution < 1.29 is 9.53 Å². The number of hydrogen-bond donors (Lipinski definition) is 1. The molecule has 0 spiro atoms. The van der Waals surface area contributed by atoms with Crippen LogP contribution in [0.15, 0.2) is 103 Å². The standard InChI is InChI=1S/C27H20N2O2/c28-18-20-10-12-21(13-11-20)22-14-16-24(17-15-22)31-19-27(30)29-26-9-5-4-8-25(26)23-6-2-1-3-7-23/h1-17H,19H2,(H,29,30). The third-order valence-corrected chi connectivity index (χ3v) is 4.86. The summed E-state index contributed by atoms with van der Waals surface area (Å²) >= 11 is 0. The molecule has 0 aliphatic heterocycles. The lowest BCUT2D eigenvalue weighted by Gasteiger charge is -2.12. The highest BCUT2D eigenvalue weighted by Crippen LogP contribution is 2.27. The molecule has 31 heavy (non-hydrogen) atoms. The Hall–Kier alpha value is -4.36. The van der Waals surface area contributed by atoms with Gasteiger partial charge in [-0.3, -0.25) is 4.79 Å². The van der Waals surface area contributed by atoms with Crippen molar-refractivity contribution >= 4 is 11.6 Å². The Morgan fingerprint density at radius 2 is 1.35 bits per heavy atom. The number of benzene rings is 4. The fourth-order valence-corrected chi connectivity index (χ4v) is 3.28. The van der Waals surface area contributed by atoms with E-state index in [1.54, 1.807) is 12.1 Å². The lowest BCUT2D eigenvalue weighted by Crippen LogP contribution is -2.20. The highest BCUT2D eigenvalue weighted by Gasteiger charge is 2.09.